The van der Waals surface area contributed by atoms with Crippen molar-refractivity contribution >= 4 is 33.0 Å². The molecule has 1 unspecified atom stereocenters. The molecule has 3 heterocycles. The van der Waals surface area contributed by atoms with Crippen molar-refractivity contribution in [3.8, 4) is 0 Å². The molecule has 0 saturated heterocycles. The van der Waals surface area contributed by atoms with Gasteiger partial charge in [0.05, 0.1) is 16.3 Å². The van der Waals surface area contributed by atoms with Crippen LogP contribution in [0.2, 0.25) is 0 Å². The number of hydrogen-bond acceptors (Lipinski definition) is 4. The summed E-state index contributed by atoms with van der Waals surface area (Å²) in [6.45, 7) is 4.28. The maximum absolute atomic E-state index is 12.8. The normalized spacial score (nSPS) is 12.5. The van der Waals surface area contributed by atoms with Crippen LogP contribution in [0, 0.1) is 6.92 Å². The van der Waals surface area contributed by atoms with Crippen LogP contribution >= 0.6 is 11.3 Å². The van der Waals surface area contributed by atoms with Crippen LogP contribution in [0.1, 0.15) is 37.2 Å². The number of hydrogen-bond donors (Lipinski definition) is 1. The monoisotopic (exact) mass is 394 g/mol. The molecular weight excluding hydrogens is 372 g/mol. The van der Waals surface area contributed by atoms with E-state index in [9.17, 15) is 9.59 Å². The second kappa shape index (κ2) is 7.59. The van der Waals surface area contributed by atoms with Gasteiger partial charge in [-0.2, -0.15) is 5.10 Å². The third kappa shape index (κ3) is 3.45. The number of aromatic nitrogens is 3. The molecule has 0 aliphatic rings. The van der Waals surface area contributed by atoms with E-state index in [0.717, 1.165) is 21.6 Å². The van der Waals surface area contributed by atoms with Gasteiger partial charge in [-0.15, -0.1) is 11.3 Å². The third-order valence-corrected chi connectivity index (χ3v) is 5.77. The summed E-state index contributed by atoms with van der Waals surface area (Å²) < 4.78 is 4.45. The zero-order valence-corrected chi connectivity index (χ0v) is 16.7. The SMILES string of the molecule is Cc1nn(CCCC(=O)NC(C)c2ccccc2)c(=O)c2cc3sccc3n12. The molecular formula is C21H22N4O2S. The lowest BCUT2D eigenvalue weighted by molar-refractivity contribution is -0.121. The molecule has 28 heavy (non-hydrogen) atoms. The van der Waals surface area contributed by atoms with Gasteiger partial charge in [-0.3, -0.25) is 14.0 Å². The molecule has 144 valence electrons. The van der Waals surface area contributed by atoms with Crippen molar-refractivity contribution in [2.24, 2.45) is 0 Å². The Bertz CT molecular complexity index is 1190. The highest BCUT2D eigenvalue weighted by molar-refractivity contribution is 7.17. The minimum Gasteiger partial charge on any atom is -0.350 e. The van der Waals surface area contributed by atoms with Gasteiger partial charge in [0, 0.05) is 13.0 Å². The predicted octanol–water partition coefficient (Wildman–Crippen LogP) is 3.68. The predicted molar refractivity (Wildman–Crippen MR) is 112 cm³/mol. The molecule has 1 amide bonds. The summed E-state index contributed by atoms with van der Waals surface area (Å²) in [5.74, 6) is 0.746. The first-order valence-corrected chi connectivity index (χ1v) is 10.2. The quantitative estimate of drug-likeness (QED) is 0.542. The number of amides is 1. The van der Waals surface area contributed by atoms with Gasteiger partial charge < -0.3 is 5.32 Å². The molecule has 1 atom stereocenters. The number of thiophene rings is 1. The number of fused-ring (bicyclic) bond motifs is 3. The van der Waals surface area contributed by atoms with Gasteiger partial charge in [0.15, 0.2) is 0 Å². The Kier molecular flexibility index (Phi) is 5.00. The van der Waals surface area contributed by atoms with Crippen LogP contribution < -0.4 is 10.9 Å². The first-order chi connectivity index (χ1) is 13.5. The van der Waals surface area contributed by atoms with Crippen LogP contribution in [0.4, 0.5) is 0 Å². The van der Waals surface area contributed by atoms with Gasteiger partial charge in [0.2, 0.25) is 5.91 Å². The smallest absolute Gasteiger partial charge is 0.291 e. The van der Waals surface area contributed by atoms with Crippen LogP contribution in [0.5, 0.6) is 0 Å². The third-order valence-electron chi connectivity index (χ3n) is 4.92. The van der Waals surface area contributed by atoms with Crippen molar-refractivity contribution in [2.75, 3.05) is 0 Å². The minimum absolute atomic E-state index is 0.0228. The molecule has 4 rings (SSSR count). The van der Waals surface area contributed by atoms with E-state index in [4.69, 9.17) is 0 Å². The second-order valence-corrected chi connectivity index (χ2v) is 7.86. The Hall–Kier alpha value is -2.93. The van der Waals surface area contributed by atoms with Gasteiger partial charge >= 0.3 is 0 Å². The fourth-order valence-corrected chi connectivity index (χ4v) is 4.31. The fraction of sp³-hybridized carbons (Fsp3) is 0.286. The summed E-state index contributed by atoms with van der Waals surface area (Å²) in [5, 5.41) is 9.46. The molecule has 0 aliphatic heterocycles. The van der Waals surface area contributed by atoms with Gasteiger partial charge in [0.25, 0.3) is 5.56 Å². The molecule has 1 aromatic carbocycles. The Morgan fingerprint density at radius 1 is 1.21 bits per heavy atom. The standard InChI is InChI=1S/C21H22N4O2S/c1-14(16-7-4-3-5-8-16)22-20(26)9-6-11-24-21(27)18-13-19-17(10-12-28-19)25(18)15(2)23-24/h3-5,7-8,10,12-14H,6,9,11H2,1-2H3,(H,22,26). The van der Waals surface area contributed by atoms with E-state index >= 15 is 0 Å². The lowest BCUT2D eigenvalue weighted by Crippen LogP contribution is -2.29. The van der Waals surface area contributed by atoms with Crippen molar-refractivity contribution in [3.63, 3.8) is 0 Å². The van der Waals surface area contributed by atoms with Gasteiger partial charge in [-0.05, 0) is 43.3 Å². The van der Waals surface area contributed by atoms with Crippen LogP contribution in [-0.4, -0.2) is 20.1 Å². The highest BCUT2D eigenvalue weighted by Gasteiger charge is 2.14. The van der Waals surface area contributed by atoms with E-state index in [-0.39, 0.29) is 17.5 Å². The molecule has 0 saturated carbocycles. The summed E-state index contributed by atoms with van der Waals surface area (Å²) in [6, 6.07) is 13.7. The van der Waals surface area contributed by atoms with Crippen molar-refractivity contribution in [1.29, 1.82) is 0 Å². The average molecular weight is 395 g/mol. The number of nitrogens with zero attached hydrogens (tertiary/aromatic N) is 3. The summed E-state index contributed by atoms with van der Waals surface area (Å²) >= 11 is 1.61. The topological polar surface area (TPSA) is 68.4 Å². The highest BCUT2D eigenvalue weighted by Crippen LogP contribution is 2.24. The van der Waals surface area contributed by atoms with E-state index < -0.39 is 0 Å². The zero-order valence-electron chi connectivity index (χ0n) is 15.9. The first kappa shape index (κ1) is 18.4. The Balaban J connectivity index is 1.42. The highest BCUT2D eigenvalue weighted by atomic mass is 32.1. The molecule has 0 fully saturated rings. The van der Waals surface area contributed by atoms with Gasteiger partial charge in [-0.25, -0.2) is 4.68 Å². The molecule has 0 aliphatic carbocycles. The largest absolute Gasteiger partial charge is 0.350 e. The van der Waals surface area contributed by atoms with E-state index in [1.165, 1.54) is 4.68 Å². The summed E-state index contributed by atoms with van der Waals surface area (Å²) in [5.41, 5.74) is 2.61. The molecule has 1 N–H and O–H groups in total. The molecule has 0 spiro atoms. The first-order valence-electron chi connectivity index (χ1n) is 9.35. The lowest BCUT2D eigenvalue weighted by Gasteiger charge is -2.14. The number of carbonyl (C=O) groups is 1. The lowest BCUT2D eigenvalue weighted by atomic mass is 10.1. The van der Waals surface area contributed by atoms with E-state index in [1.807, 2.05) is 66.1 Å². The van der Waals surface area contributed by atoms with Crippen LogP contribution in [-0.2, 0) is 11.3 Å². The van der Waals surface area contributed by atoms with Crippen LogP contribution in [0.3, 0.4) is 0 Å². The Morgan fingerprint density at radius 2 is 2.00 bits per heavy atom. The number of benzene rings is 1. The molecule has 3 aromatic heterocycles. The van der Waals surface area contributed by atoms with Crippen molar-refractivity contribution < 1.29 is 4.79 Å². The molecule has 4 aromatic rings. The minimum atomic E-state index is -0.118. The Labute approximate surface area is 166 Å². The number of aryl methyl sites for hydroxylation is 2. The second-order valence-electron chi connectivity index (χ2n) is 6.91. The van der Waals surface area contributed by atoms with Crippen LogP contribution in [0.15, 0.2) is 52.6 Å². The summed E-state index contributed by atoms with van der Waals surface area (Å²) in [7, 11) is 0. The summed E-state index contributed by atoms with van der Waals surface area (Å²) in [4.78, 5) is 25.0. The van der Waals surface area contributed by atoms with Gasteiger partial charge in [-0.1, -0.05) is 30.3 Å². The Morgan fingerprint density at radius 3 is 2.79 bits per heavy atom. The number of nitrogens with one attached hydrogen (secondary N) is 1. The number of carbonyl (C=O) groups excluding carboxylic acids is 1. The van der Waals surface area contributed by atoms with Crippen molar-refractivity contribution in [2.45, 2.75) is 39.3 Å². The van der Waals surface area contributed by atoms with Gasteiger partial charge in [0.1, 0.15) is 11.3 Å². The molecule has 7 heteroatoms. The van der Waals surface area contributed by atoms with Crippen molar-refractivity contribution in [1.82, 2.24) is 19.5 Å². The van der Waals surface area contributed by atoms with E-state index in [2.05, 4.69) is 10.4 Å². The van der Waals surface area contributed by atoms with Crippen LogP contribution in [0.25, 0.3) is 15.7 Å². The maximum atomic E-state index is 12.8. The summed E-state index contributed by atoms with van der Waals surface area (Å²) in [6.07, 6.45) is 0.913. The maximum Gasteiger partial charge on any atom is 0.291 e. The molecule has 0 radical (unpaired) electrons. The number of rotatable bonds is 6. The molecule has 6 nitrogen and oxygen atoms in total. The van der Waals surface area contributed by atoms with E-state index in [0.29, 0.717) is 24.9 Å². The molecule has 0 bridgehead atoms. The fourth-order valence-electron chi connectivity index (χ4n) is 3.51. The zero-order chi connectivity index (χ0) is 19.7. The van der Waals surface area contributed by atoms with Crippen molar-refractivity contribution in [3.05, 3.63) is 69.6 Å². The van der Waals surface area contributed by atoms with E-state index in [1.54, 1.807) is 11.3 Å². The average Bonchev–Trinajstić information content (AvgIpc) is 3.27.